The number of ether oxygens (including phenoxy) is 1. The van der Waals surface area contributed by atoms with Crippen molar-refractivity contribution >= 4 is 11.9 Å². The van der Waals surface area contributed by atoms with Gasteiger partial charge in [-0.2, -0.15) is 22.0 Å². The smallest absolute Gasteiger partial charge is 0.463 e. The highest BCUT2D eigenvalue weighted by Crippen LogP contribution is 2.35. The molecule has 0 heterocycles. The molecule has 0 aromatic carbocycles. The Morgan fingerprint density at radius 1 is 1.00 bits per heavy atom. The van der Waals surface area contributed by atoms with Crippen LogP contribution in [0.25, 0.3) is 0 Å². The standard InChI is InChI=1S/C18H28F5NO3/c1-3-5-6-7-8-9-10-11-13-27-15(25)14(12-4-2)24-16(26)17(19,20)18(21,22)23/h4,14H,2-3,5-13H2,1H3,(H,24,26). The molecule has 1 unspecified atom stereocenters. The maximum Gasteiger partial charge on any atom is 0.463 e. The number of hydrogen-bond acceptors (Lipinski definition) is 3. The fraction of sp³-hybridized carbons (Fsp3) is 0.778. The Hall–Kier alpha value is -1.67. The normalized spacial score (nSPS) is 13.1. The van der Waals surface area contributed by atoms with Crippen molar-refractivity contribution in [1.82, 2.24) is 5.32 Å². The Kier molecular flexibility index (Phi) is 11.9. The molecule has 0 fully saturated rings. The lowest BCUT2D eigenvalue weighted by molar-refractivity contribution is -0.270. The van der Waals surface area contributed by atoms with Crippen LogP contribution in [-0.4, -0.2) is 36.6 Å². The van der Waals surface area contributed by atoms with E-state index in [1.165, 1.54) is 18.2 Å². The largest absolute Gasteiger partial charge is 0.464 e. The minimum absolute atomic E-state index is 0.00692. The Bertz CT molecular complexity index is 466. The van der Waals surface area contributed by atoms with Gasteiger partial charge in [0.15, 0.2) is 0 Å². The summed E-state index contributed by atoms with van der Waals surface area (Å²) in [6, 6.07) is -1.64. The molecule has 0 saturated heterocycles. The number of unbranched alkanes of at least 4 members (excludes halogenated alkanes) is 7. The molecule has 0 aliphatic heterocycles. The van der Waals surface area contributed by atoms with Gasteiger partial charge in [0.1, 0.15) is 6.04 Å². The third-order valence-electron chi connectivity index (χ3n) is 3.88. The summed E-state index contributed by atoms with van der Waals surface area (Å²) in [5.74, 6) is -9.25. The van der Waals surface area contributed by atoms with E-state index in [4.69, 9.17) is 4.74 Å². The third kappa shape index (κ3) is 9.72. The molecule has 1 amide bonds. The second kappa shape index (κ2) is 12.7. The van der Waals surface area contributed by atoms with Crippen molar-refractivity contribution in [1.29, 1.82) is 0 Å². The summed E-state index contributed by atoms with van der Waals surface area (Å²) in [6.07, 6.45) is 2.81. The minimum Gasteiger partial charge on any atom is -0.464 e. The van der Waals surface area contributed by atoms with Crippen molar-refractivity contribution in [3.05, 3.63) is 12.7 Å². The fourth-order valence-corrected chi connectivity index (χ4v) is 2.27. The monoisotopic (exact) mass is 401 g/mol. The molecular weight excluding hydrogens is 373 g/mol. The highest BCUT2D eigenvalue weighted by molar-refractivity contribution is 5.89. The van der Waals surface area contributed by atoms with Crippen molar-refractivity contribution in [2.24, 2.45) is 0 Å². The van der Waals surface area contributed by atoms with Crippen molar-refractivity contribution in [2.75, 3.05) is 6.61 Å². The highest BCUT2D eigenvalue weighted by atomic mass is 19.4. The molecule has 9 heteroatoms. The molecule has 0 rings (SSSR count). The van der Waals surface area contributed by atoms with Gasteiger partial charge in [0.2, 0.25) is 0 Å². The Morgan fingerprint density at radius 2 is 1.52 bits per heavy atom. The number of alkyl halides is 5. The van der Waals surface area contributed by atoms with Crippen molar-refractivity contribution in [3.8, 4) is 0 Å². The zero-order valence-corrected chi connectivity index (χ0v) is 15.5. The summed E-state index contributed by atoms with van der Waals surface area (Å²) in [7, 11) is 0. The quantitative estimate of drug-likeness (QED) is 0.194. The van der Waals surface area contributed by atoms with E-state index in [2.05, 4.69) is 13.5 Å². The predicted molar refractivity (Wildman–Crippen MR) is 91.3 cm³/mol. The minimum atomic E-state index is -6.04. The average Bonchev–Trinajstić information content (AvgIpc) is 2.58. The summed E-state index contributed by atoms with van der Waals surface area (Å²) in [4.78, 5) is 23.0. The number of esters is 1. The van der Waals surface area contributed by atoms with Crippen LogP contribution in [0.2, 0.25) is 0 Å². The second-order valence-corrected chi connectivity index (χ2v) is 6.26. The third-order valence-corrected chi connectivity index (χ3v) is 3.88. The van der Waals surface area contributed by atoms with E-state index in [1.54, 1.807) is 0 Å². The zero-order valence-electron chi connectivity index (χ0n) is 15.5. The molecule has 0 aromatic heterocycles. The number of nitrogens with one attached hydrogen (secondary N) is 1. The number of carbonyl (C=O) groups is 2. The van der Waals surface area contributed by atoms with Gasteiger partial charge in [-0.05, 0) is 12.8 Å². The second-order valence-electron chi connectivity index (χ2n) is 6.26. The number of halogens is 5. The molecule has 0 saturated carbocycles. The van der Waals surface area contributed by atoms with Gasteiger partial charge in [0.05, 0.1) is 6.61 Å². The van der Waals surface area contributed by atoms with Crippen LogP contribution in [0.5, 0.6) is 0 Å². The first kappa shape index (κ1) is 25.3. The summed E-state index contributed by atoms with van der Waals surface area (Å²) in [5.41, 5.74) is 0. The molecule has 0 aliphatic rings. The molecule has 0 radical (unpaired) electrons. The molecular formula is C18H28F5NO3. The van der Waals surface area contributed by atoms with Gasteiger partial charge < -0.3 is 10.1 Å². The number of hydrogen-bond donors (Lipinski definition) is 1. The van der Waals surface area contributed by atoms with Crippen LogP contribution < -0.4 is 5.32 Å². The lowest BCUT2D eigenvalue weighted by atomic mass is 10.1. The topological polar surface area (TPSA) is 55.4 Å². The molecule has 1 atom stereocenters. The van der Waals surface area contributed by atoms with Crippen molar-refractivity contribution in [2.45, 2.75) is 82.9 Å². The van der Waals surface area contributed by atoms with Crippen molar-refractivity contribution in [3.63, 3.8) is 0 Å². The van der Waals surface area contributed by atoms with E-state index in [-0.39, 0.29) is 13.0 Å². The number of carbonyl (C=O) groups excluding carboxylic acids is 2. The lowest BCUT2D eigenvalue weighted by Crippen LogP contribution is -2.54. The van der Waals surface area contributed by atoms with E-state index in [9.17, 15) is 31.5 Å². The SMILES string of the molecule is C=CCC(NC(=O)C(F)(F)C(F)(F)F)C(=O)OCCCCCCCCCC. The molecule has 158 valence electrons. The number of amides is 1. The van der Waals surface area contributed by atoms with Gasteiger partial charge in [-0.15, -0.1) is 6.58 Å². The van der Waals surface area contributed by atoms with E-state index < -0.39 is 30.0 Å². The van der Waals surface area contributed by atoms with Gasteiger partial charge in [0, 0.05) is 0 Å². The first-order valence-corrected chi connectivity index (χ1v) is 9.11. The highest BCUT2D eigenvalue weighted by Gasteiger charge is 2.63. The fourth-order valence-electron chi connectivity index (χ4n) is 2.27. The molecule has 0 aromatic rings. The molecule has 0 aliphatic carbocycles. The van der Waals surface area contributed by atoms with Gasteiger partial charge in [-0.1, -0.05) is 57.9 Å². The predicted octanol–water partition coefficient (Wildman–Crippen LogP) is 4.93. The maximum atomic E-state index is 13.0. The molecule has 4 nitrogen and oxygen atoms in total. The number of rotatable bonds is 14. The van der Waals surface area contributed by atoms with Gasteiger partial charge in [-0.3, -0.25) is 4.79 Å². The van der Waals surface area contributed by atoms with E-state index in [0.29, 0.717) is 6.42 Å². The van der Waals surface area contributed by atoms with Crippen LogP contribution in [0.15, 0.2) is 12.7 Å². The Balaban J connectivity index is 4.29. The molecule has 0 spiro atoms. The first-order chi connectivity index (χ1) is 12.6. The van der Waals surface area contributed by atoms with Crippen molar-refractivity contribution < 1.29 is 36.3 Å². The molecule has 0 bridgehead atoms. The van der Waals surface area contributed by atoms with Crippen LogP contribution in [0, 0.1) is 0 Å². The summed E-state index contributed by atoms with van der Waals surface area (Å²) >= 11 is 0. The van der Waals surface area contributed by atoms with E-state index >= 15 is 0 Å². The molecule has 27 heavy (non-hydrogen) atoms. The van der Waals surface area contributed by atoms with E-state index in [1.807, 2.05) is 0 Å². The Morgan fingerprint density at radius 3 is 2.00 bits per heavy atom. The summed E-state index contributed by atoms with van der Waals surface area (Å²) < 4.78 is 67.4. The first-order valence-electron chi connectivity index (χ1n) is 9.11. The van der Waals surface area contributed by atoms with Gasteiger partial charge in [-0.25, -0.2) is 4.79 Å². The van der Waals surface area contributed by atoms with Gasteiger partial charge >= 0.3 is 24.0 Å². The zero-order chi connectivity index (χ0) is 20.9. The Labute approximate surface area is 156 Å². The van der Waals surface area contributed by atoms with Crippen LogP contribution in [0.1, 0.15) is 64.7 Å². The summed E-state index contributed by atoms with van der Waals surface area (Å²) in [5, 5.41) is 1.39. The van der Waals surface area contributed by atoms with Crippen LogP contribution in [-0.2, 0) is 14.3 Å². The van der Waals surface area contributed by atoms with Crippen LogP contribution in [0.4, 0.5) is 22.0 Å². The molecule has 1 N–H and O–H groups in total. The average molecular weight is 401 g/mol. The van der Waals surface area contributed by atoms with Crippen LogP contribution >= 0.6 is 0 Å². The van der Waals surface area contributed by atoms with Crippen LogP contribution in [0.3, 0.4) is 0 Å². The van der Waals surface area contributed by atoms with Gasteiger partial charge in [0.25, 0.3) is 0 Å². The lowest BCUT2D eigenvalue weighted by Gasteiger charge is -2.22. The maximum absolute atomic E-state index is 13.0. The summed E-state index contributed by atoms with van der Waals surface area (Å²) in [6.45, 7) is 5.42. The van der Waals surface area contributed by atoms with E-state index in [0.717, 1.165) is 38.2 Å².